The minimum Gasteiger partial charge on any atom is -0.497 e. The molecule has 5 unspecified atom stereocenters. The average Bonchev–Trinajstić information content (AvgIpc) is 3.74. The Hall–Kier alpha value is -3.69. The molecule has 2 N–H and O–H groups in total. The summed E-state index contributed by atoms with van der Waals surface area (Å²) < 4.78 is 11.9. The van der Waals surface area contributed by atoms with Crippen molar-refractivity contribution in [2.75, 3.05) is 38.6 Å². The summed E-state index contributed by atoms with van der Waals surface area (Å²) >= 11 is 0. The van der Waals surface area contributed by atoms with Crippen LogP contribution in [0.25, 0.3) is 0 Å². The standard InChI is InChI=1S/C39H50N4O5/c1-26-10-6-7-15-31(26)41-37(45)35-39-19-16-32(48-39)33(36(44)40-29-13-8-14-30(25-29)47-2)34(39)38(46)43(35)21-9-20-42-22-17-28(18-23-42)24-27-11-4-3-5-12-27/h3-5,8,11-14,16,19,25-26,28,31-35H,6-7,9-10,15,17-18,20-24H2,1-2H3,(H,40,44)(H,41,45)/t26?,31?,32-,33?,34-,35?,39?/m1/s1. The summed E-state index contributed by atoms with van der Waals surface area (Å²) in [5, 5.41) is 6.34. The van der Waals surface area contributed by atoms with E-state index in [1.54, 1.807) is 24.1 Å². The van der Waals surface area contributed by atoms with E-state index in [1.807, 2.05) is 24.3 Å². The molecule has 7 rings (SSSR count). The van der Waals surface area contributed by atoms with Crippen molar-refractivity contribution in [3.8, 4) is 5.75 Å². The van der Waals surface area contributed by atoms with E-state index in [-0.39, 0.29) is 23.8 Å². The van der Waals surface area contributed by atoms with Crippen LogP contribution in [0.2, 0.25) is 0 Å². The molecule has 3 amide bonds. The van der Waals surface area contributed by atoms with Crippen molar-refractivity contribution >= 4 is 23.4 Å². The number of likely N-dealkylation sites (tertiary alicyclic amines) is 2. The third-order valence-electron chi connectivity index (χ3n) is 11.6. The molecule has 1 saturated carbocycles. The number of fused-ring (bicyclic) bond motifs is 1. The highest BCUT2D eigenvalue weighted by Gasteiger charge is 2.72. The predicted octanol–water partition coefficient (Wildman–Crippen LogP) is 4.82. The van der Waals surface area contributed by atoms with Crippen LogP contribution in [-0.4, -0.2) is 84.6 Å². The van der Waals surface area contributed by atoms with E-state index in [2.05, 4.69) is 52.8 Å². The van der Waals surface area contributed by atoms with Gasteiger partial charge in [0, 0.05) is 24.3 Å². The minimum absolute atomic E-state index is 0.0746. The molecular formula is C39H50N4O5. The van der Waals surface area contributed by atoms with Crippen molar-refractivity contribution < 1.29 is 23.9 Å². The molecule has 2 aromatic carbocycles. The van der Waals surface area contributed by atoms with Gasteiger partial charge in [-0.25, -0.2) is 0 Å². The molecule has 4 fully saturated rings. The first-order chi connectivity index (χ1) is 23.4. The van der Waals surface area contributed by atoms with E-state index < -0.39 is 29.6 Å². The van der Waals surface area contributed by atoms with Gasteiger partial charge in [0.05, 0.1) is 25.0 Å². The quantitative estimate of drug-likeness (QED) is 0.337. The highest BCUT2D eigenvalue weighted by atomic mass is 16.5. The maximum absolute atomic E-state index is 14.4. The first kappa shape index (κ1) is 32.8. The molecule has 256 valence electrons. The highest BCUT2D eigenvalue weighted by molar-refractivity contribution is 6.02. The van der Waals surface area contributed by atoms with Crippen LogP contribution in [0.3, 0.4) is 0 Å². The molecule has 0 radical (unpaired) electrons. The molecule has 2 bridgehead atoms. The molecule has 48 heavy (non-hydrogen) atoms. The van der Waals surface area contributed by atoms with E-state index >= 15 is 0 Å². The smallest absolute Gasteiger partial charge is 0.246 e. The van der Waals surface area contributed by atoms with Crippen LogP contribution in [0.15, 0.2) is 66.7 Å². The van der Waals surface area contributed by atoms with Crippen molar-refractivity contribution in [3.63, 3.8) is 0 Å². The van der Waals surface area contributed by atoms with E-state index in [4.69, 9.17) is 9.47 Å². The molecule has 7 atom stereocenters. The zero-order valence-electron chi connectivity index (χ0n) is 28.3. The zero-order valence-corrected chi connectivity index (χ0v) is 28.3. The summed E-state index contributed by atoms with van der Waals surface area (Å²) in [6.07, 6.45) is 11.7. The van der Waals surface area contributed by atoms with Gasteiger partial charge < -0.3 is 29.9 Å². The lowest BCUT2D eigenvalue weighted by Crippen LogP contribution is -2.57. The van der Waals surface area contributed by atoms with Gasteiger partial charge in [0.1, 0.15) is 17.4 Å². The second kappa shape index (κ2) is 14.0. The Morgan fingerprint density at radius 3 is 2.54 bits per heavy atom. The molecule has 0 aromatic heterocycles. The van der Waals surface area contributed by atoms with Crippen LogP contribution < -0.4 is 15.4 Å². The minimum atomic E-state index is -1.16. The Morgan fingerprint density at radius 1 is 0.979 bits per heavy atom. The Bertz CT molecular complexity index is 1510. The predicted molar refractivity (Wildman–Crippen MR) is 184 cm³/mol. The van der Waals surface area contributed by atoms with Crippen LogP contribution in [0.1, 0.15) is 57.4 Å². The second-order valence-corrected chi connectivity index (χ2v) is 14.7. The second-order valence-electron chi connectivity index (χ2n) is 14.7. The van der Waals surface area contributed by atoms with Gasteiger partial charge in [-0.05, 0) is 87.7 Å². The van der Waals surface area contributed by atoms with Crippen LogP contribution >= 0.6 is 0 Å². The van der Waals surface area contributed by atoms with E-state index in [9.17, 15) is 14.4 Å². The topological polar surface area (TPSA) is 100 Å². The van der Waals surface area contributed by atoms with Gasteiger partial charge >= 0.3 is 0 Å². The maximum Gasteiger partial charge on any atom is 0.246 e. The number of hydrogen-bond acceptors (Lipinski definition) is 6. The Labute approximate surface area is 284 Å². The molecule has 1 aliphatic carbocycles. The SMILES string of the molecule is COc1cccc(NC(=O)C2[C@H]3C=CC4(O3)C(C(=O)NC3CCCCC3C)N(CCCN3CCC(Cc5ccccc5)CC3)C(=O)[C@@H]24)c1. The van der Waals surface area contributed by atoms with Gasteiger partial charge in [-0.1, -0.05) is 68.3 Å². The molecule has 4 heterocycles. The van der Waals surface area contributed by atoms with Crippen LogP contribution in [-0.2, 0) is 25.5 Å². The van der Waals surface area contributed by atoms with Crippen molar-refractivity contribution in [2.45, 2.75) is 82.1 Å². The van der Waals surface area contributed by atoms with Crippen LogP contribution in [0.4, 0.5) is 5.69 Å². The number of nitrogens with one attached hydrogen (secondary N) is 2. The van der Waals surface area contributed by atoms with Gasteiger partial charge in [-0.15, -0.1) is 0 Å². The molecule has 9 nitrogen and oxygen atoms in total. The summed E-state index contributed by atoms with van der Waals surface area (Å²) in [7, 11) is 1.58. The number of ether oxygens (including phenoxy) is 2. The van der Waals surface area contributed by atoms with Crippen molar-refractivity contribution in [1.29, 1.82) is 0 Å². The first-order valence-electron chi connectivity index (χ1n) is 18.1. The number of nitrogens with zero attached hydrogens (tertiary/aromatic N) is 2. The number of hydrogen-bond donors (Lipinski definition) is 2. The fraction of sp³-hybridized carbons (Fsp3) is 0.564. The van der Waals surface area contributed by atoms with Crippen molar-refractivity contribution in [2.24, 2.45) is 23.7 Å². The third-order valence-corrected chi connectivity index (χ3v) is 11.6. The lowest BCUT2D eigenvalue weighted by atomic mass is 9.74. The monoisotopic (exact) mass is 654 g/mol. The summed E-state index contributed by atoms with van der Waals surface area (Å²) in [5.41, 5.74) is 0.840. The van der Waals surface area contributed by atoms with E-state index in [0.717, 1.165) is 64.6 Å². The van der Waals surface area contributed by atoms with E-state index in [0.29, 0.717) is 29.8 Å². The highest BCUT2D eigenvalue weighted by Crippen LogP contribution is 2.55. The van der Waals surface area contributed by atoms with Crippen LogP contribution in [0, 0.1) is 23.7 Å². The number of rotatable bonds is 11. The fourth-order valence-electron chi connectivity index (χ4n) is 9.05. The molecule has 2 aromatic rings. The summed E-state index contributed by atoms with van der Waals surface area (Å²) in [5.74, 6) is -0.390. The molecule has 9 heteroatoms. The Balaban J connectivity index is 1.05. The lowest BCUT2D eigenvalue weighted by Gasteiger charge is -2.36. The van der Waals surface area contributed by atoms with Gasteiger partial charge in [-0.2, -0.15) is 0 Å². The van der Waals surface area contributed by atoms with E-state index in [1.165, 1.54) is 12.0 Å². The lowest BCUT2D eigenvalue weighted by molar-refractivity contribution is -0.141. The number of methoxy groups -OCH3 is 1. The number of anilines is 1. The molecule has 5 aliphatic rings. The molecule has 4 aliphatic heterocycles. The number of amides is 3. The fourth-order valence-corrected chi connectivity index (χ4v) is 9.05. The number of carbonyl (C=O) groups excluding carboxylic acids is 3. The van der Waals surface area contributed by atoms with Gasteiger partial charge in [0.15, 0.2) is 0 Å². The number of carbonyl (C=O) groups is 3. The maximum atomic E-state index is 14.4. The summed E-state index contributed by atoms with van der Waals surface area (Å²) in [4.78, 5) is 46.8. The number of piperidine rings is 1. The van der Waals surface area contributed by atoms with Crippen molar-refractivity contribution in [1.82, 2.24) is 15.1 Å². The van der Waals surface area contributed by atoms with Crippen molar-refractivity contribution in [3.05, 3.63) is 72.3 Å². The number of benzene rings is 2. The first-order valence-corrected chi connectivity index (χ1v) is 18.1. The van der Waals surface area contributed by atoms with Gasteiger partial charge in [-0.3, -0.25) is 14.4 Å². The largest absolute Gasteiger partial charge is 0.497 e. The molecular weight excluding hydrogens is 604 g/mol. The Kier molecular flexibility index (Phi) is 9.61. The normalized spacial score (nSPS) is 31.5. The Morgan fingerprint density at radius 2 is 1.77 bits per heavy atom. The van der Waals surface area contributed by atoms with Crippen LogP contribution in [0.5, 0.6) is 5.75 Å². The van der Waals surface area contributed by atoms with Gasteiger partial charge in [0.2, 0.25) is 17.7 Å². The summed E-state index contributed by atoms with van der Waals surface area (Å²) in [6, 6.07) is 17.2. The van der Waals surface area contributed by atoms with Gasteiger partial charge in [0.25, 0.3) is 0 Å². The molecule has 1 spiro atoms. The molecule has 3 saturated heterocycles. The average molecular weight is 655 g/mol. The zero-order chi connectivity index (χ0) is 33.3. The summed E-state index contributed by atoms with van der Waals surface area (Å²) in [6.45, 7) is 5.60. The third kappa shape index (κ3) is 6.39.